The Morgan fingerprint density at radius 2 is 2.21 bits per heavy atom. The van der Waals surface area contributed by atoms with Crippen LogP contribution in [0.4, 0.5) is 0 Å². The van der Waals surface area contributed by atoms with E-state index in [-0.39, 0.29) is 11.7 Å². The van der Waals surface area contributed by atoms with Crippen LogP contribution < -0.4 is 5.32 Å². The molecule has 24 heavy (non-hydrogen) atoms. The molecule has 1 N–H and O–H groups in total. The number of hydrogen-bond donors (Lipinski definition) is 1. The molecular weight excluding hydrogens is 304 g/mol. The van der Waals surface area contributed by atoms with Crippen molar-refractivity contribution in [1.29, 1.82) is 0 Å². The van der Waals surface area contributed by atoms with Gasteiger partial charge in [-0.05, 0) is 58.2 Å². The largest absolute Gasteiger partial charge is 0.349 e. The zero-order chi connectivity index (χ0) is 17.1. The first-order chi connectivity index (χ1) is 11.5. The second kappa shape index (κ2) is 7.25. The fraction of sp³-hybridized carbons (Fsp3) is 0.647. The minimum absolute atomic E-state index is 0.183. The number of amides is 1. The van der Waals surface area contributed by atoms with Gasteiger partial charge in [-0.1, -0.05) is 6.92 Å². The number of fused-ring (bicyclic) bond motifs is 1. The van der Waals surface area contributed by atoms with Gasteiger partial charge in [-0.15, -0.1) is 5.10 Å². The highest BCUT2D eigenvalue weighted by Crippen LogP contribution is 2.15. The summed E-state index contributed by atoms with van der Waals surface area (Å²) in [5.41, 5.74) is 1.79. The molecule has 0 saturated carbocycles. The Hall–Kier alpha value is -2.02. The fourth-order valence-corrected chi connectivity index (χ4v) is 3.34. The van der Waals surface area contributed by atoms with E-state index in [0.717, 1.165) is 30.3 Å². The highest BCUT2D eigenvalue weighted by molar-refractivity contribution is 5.90. The number of hydrogen-bond acceptors (Lipinski definition) is 5. The first kappa shape index (κ1) is 16.8. The Bertz CT molecular complexity index is 725. The monoisotopic (exact) mass is 330 g/mol. The second-order valence-electron chi connectivity index (χ2n) is 6.84. The molecular formula is C17H26N6O. The van der Waals surface area contributed by atoms with Gasteiger partial charge in [-0.3, -0.25) is 4.79 Å². The van der Waals surface area contributed by atoms with E-state index < -0.39 is 0 Å². The summed E-state index contributed by atoms with van der Waals surface area (Å²) in [6.07, 6.45) is 3.56. The molecule has 130 valence electrons. The van der Waals surface area contributed by atoms with Crippen molar-refractivity contribution in [2.24, 2.45) is 5.92 Å². The first-order valence-corrected chi connectivity index (χ1v) is 8.74. The molecule has 1 aliphatic rings. The van der Waals surface area contributed by atoms with Crippen LogP contribution in [0.5, 0.6) is 0 Å². The number of rotatable bonds is 5. The number of aromatic nitrogens is 4. The Morgan fingerprint density at radius 3 is 3.00 bits per heavy atom. The van der Waals surface area contributed by atoms with Crippen LogP contribution in [-0.2, 0) is 0 Å². The SMILES string of the molecule is Cc1cc(C)n2nc(C(=O)NCCCN3CCC[C@@H](C)C3)nc2n1. The van der Waals surface area contributed by atoms with Crippen LogP contribution in [0.2, 0.25) is 0 Å². The number of likely N-dealkylation sites (tertiary alicyclic amines) is 1. The molecule has 7 nitrogen and oxygen atoms in total. The maximum atomic E-state index is 12.2. The topological polar surface area (TPSA) is 75.4 Å². The number of piperidine rings is 1. The van der Waals surface area contributed by atoms with E-state index in [1.54, 1.807) is 4.52 Å². The minimum atomic E-state index is -0.232. The van der Waals surface area contributed by atoms with Crippen LogP contribution >= 0.6 is 0 Å². The highest BCUT2D eigenvalue weighted by Gasteiger charge is 2.17. The van der Waals surface area contributed by atoms with Crippen LogP contribution in [0, 0.1) is 19.8 Å². The molecule has 0 unspecified atom stereocenters. The average molecular weight is 330 g/mol. The Labute approximate surface area is 142 Å². The lowest BCUT2D eigenvalue weighted by molar-refractivity contribution is 0.0940. The number of nitrogens with zero attached hydrogens (tertiary/aromatic N) is 5. The van der Waals surface area contributed by atoms with Crippen LogP contribution in [-0.4, -0.2) is 56.6 Å². The molecule has 0 aliphatic carbocycles. The fourth-order valence-electron chi connectivity index (χ4n) is 3.34. The van der Waals surface area contributed by atoms with Gasteiger partial charge in [0.1, 0.15) is 0 Å². The normalized spacial score (nSPS) is 18.9. The third-order valence-corrected chi connectivity index (χ3v) is 4.50. The molecule has 7 heteroatoms. The summed E-state index contributed by atoms with van der Waals surface area (Å²) in [6.45, 7) is 10.2. The van der Waals surface area contributed by atoms with Gasteiger partial charge in [0.25, 0.3) is 11.7 Å². The van der Waals surface area contributed by atoms with E-state index in [9.17, 15) is 4.79 Å². The number of carbonyl (C=O) groups excluding carboxylic acids is 1. The quantitative estimate of drug-likeness (QED) is 0.843. The van der Waals surface area contributed by atoms with E-state index in [2.05, 4.69) is 32.2 Å². The van der Waals surface area contributed by atoms with E-state index in [4.69, 9.17) is 0 Å². The molecule has 2 aromatic rings. The van der Waals surface area contributed by atoms with Gasteiger partial charge in [0.05, 0.1) is 0 Å². The smallest absolute Gasteiger partial charge is 0.291 e. The molecule has 0 radical (unpaired) electrons. The van der Waals surface area contributed by atoms with Gasteiger partial charge in [-0.25, -0.2) is 9.50 Å². The molecule has 3 heterocycles. The van der Waals surface area contributed by atoms with Crippen molar-refractivity contribution >= 4 is 11.7 Å². The van der Waals surface area contributed by atoms with Crippen LogP contribution in [0.1, 0.15) is 48.2 Å². The molecule has 0 spiro atoms. The summed E-state index contributed by atoms with van der Waals surface area (Å²) < 4.78 is 1.61. The number of aryl methyl sites for hydroxylation is 2. The molecule has 1 atom stereocenters. The maximum Gasteiger partial charge on any atom is 0.291 e. The van der Waals surface area contributed by atoms with E-state index in [0.29, 0.717) is 12.3 Å². The summed E-state index contributed by atoms with van der Waals surface area (Å²) in [5.74, 6) is 1.21. The number of nitrogens with one attached hydrogen (secondary N) is 1. The lowest BCUT2D eigenvalue weighted by Crippen LogP contribution is -2.36. The third kappa shape index (κ3) is 3.90. The van der Waals surface area contributed by atoms with Gasteiger partial charge in [0, 0.05) is 24.5 Å². The molecule has 1 amide bonds. The van der Waals surface area contributed by atoms with Gasteiger partial charge >= 0.3 is 0 Å². The highest BCUT2D eigenvalue weighted by atomic mass is 16.2. The van der Waals surface area contributed by atoms with Crippen LogP contribution in [0.25, 0.3) is 5.78 Å². The predicted molar refractivity (Wildman–Crippen MR) is 92.0 cm³/mol. The molecule has 1 aliphatic heterocycles. The maximum absolute atomic E-state index is 12.2. The van der Waals surface area contributed by atoms with Gasteiger partial charge in [-0.2, -0.15) is 4.98 Å². The Morgan fingerprint density at radius 1 is 1.38 bits per heavy atom. The van der Waals surface area contributed by atoms with E-state index in [1.165, 1.54) is 25.9 Å². The average Bonchev–Trinajstić information content (AvgIpc) is 2.96. The zero-order valence-electron chi connectivity index (χ0n) is 14.7. The van der Waals surface area contributed by atoms with Crippen molar-refractivity contribution in [2.75, 3.05) is 26.2 Å². The van der Waals surface area contributed by atoms with Crippen LogP contribution in [0.15, 0.2) is 6.07 Å². The molecule has 3 rings (SSSR count). The molecule has 0 aromatic carbocycles. The zero-order valence-corrected chi connectivity index (χ0v) is 14.7. The predicted octanol–water partition coefficient (Wildman–Crippen LogP) is 1.59. The lowest BCUT2D eigenvalue weighted by atomic mass is 10.0. The van der Waals surface area contributed by atoms with Crippen molar-refractivity contribution in [2.45, 2.75) is 40.0 Å². The van der Waals surface area contributed by atoms with E-state index >= 15 is 0 Å². The summed E-state index contributed by atoms with van der Waals surface area (Å²) in [7, 11) is 0. The summed E-state index contributed by atoms with van der Waals surface area (Å²) in [6, 6.07) is 1.92. The second-order valence-corrected chi connectivity index (χ2v) is 6.84. The molecule has 2 aromatic heterocycles. The number of carbonyl (C=O) groups is 1. The van der Waals surface area contributed by atoms with Gasteiger partial charge < -0.3 is 10.2 Å². The summed E-state index contributed by atoms with van der Waals surface area (Å²) in [4.78, 5) is 23.2. The summed E-state index contributed by atoms with van der Waals surface area (Å²) >= 11 is 0. The molecule has 0 bridgehead atoms. The molecule has 1 saturated heterocycles. The lowest BCUT2D eigenvalue weighted by Gasteiger charge is -2.30. The van der Waals surface area contributed by atoms with Crippen molar-refractivity contribution in [3.63, 3.8) is 0 Å². The van der Waals surface area contributed by atoms with Gasteiger partial charge in [0.2, 0.25) is 5.82 Å². The van der Waals surface area contributed by atoms with Crippen molar-refractivity contribution in [3.8, 4) is 0 Å². The first-order valence-electron chi connectivity index (χ1n) is 8.74. The molecule has 1 fully saturated rings. The van der Waals surface area contributed by atoms with Crippen molar-refractivity contribution in [3.05, 3.63) is 23.3 Å². The van der Waals surface area contributed by atoms with Gasteiger partial charge in [0.15, 0.2) is 0 Å². The minimum Gasteiger partial charge on any atom is -0.349 e. The summed E-state index contributed by atoms with van der Waals surface area (Å²) in [5, 5.41) is 7.17. The van der Waals surface area contributed by atoms with Crippen molar-refractivity contribution in [1.82, 2.24) is 29.8 Å². The van der Waals surface area contributed by atoms with Crippen molar-refractivity contribution < 1.29 is 4.79 Å². The standard InChI is InChI=1S/C17H26N6O/c1-12-6-4-8-22(11-12)9-5-7-18-16(24)15-20-17-19-13(2)10-14(3)23(17)21-15/h10,12H,4-9,11H2,1-3H3,(H,18,24)/t12-/m1/s1. The Balaban J connectivity index is 1.51. The van der Waals surface area contributed by atoms with Crippen LogP contribution in [0.3, 0.4) is 0 Å². The Kier molecular flexibility index (Phi) is 5.08. The van der Waals surface area contributed by atoms with E-state index in [1.807, 2.05) is 19.9 Å². The third-order valence-electron chi connectivity index (χ3n) is 4.50.